The van der Waals surface area contributed by atoms with Crippen molar-refractivity contribution in [3.8, 4) is 17.2 Å². The summed E-state index contributed by atoms with van der Waals surface area (Å²) in [5.74, 6) is 0.738. The van der Waals surface area contributed by atoms with Crippen LogP contribution in [0.3, 0.4) is 0 Å². The number of rotatable bonds is 4. The molecule has 1 aliphatic heterocycles. The fourth-order valence-corrected chi connectivity index (χ4v) is 3.10. The van der Waals surface area contributed by atoms with Gasteiger partial charge in [-0.25, -0.2) is 10.1 Å². The second-order valence-electron chi connectivity index (χ2n) is 6.14. The molecular weight excluding hydrogens is 380 g/mol. The third kappa shape index (κ3) is 3.57. The average Bonchev–Trinajstić information content (AvgIpc) is 3.02. The largest absolute Gasteiger partial charge is 0.485 e. The van der Waals surface area contributed by atoms with Crippen molar-refractivity contribution < 1.29 is 14.3 Å². The molecule has 0 bridgehead atoms. The SMILES string of the molecule is Cc1nn(-c2ccccc2)c(Cl)c1/C=N/NC(=O)[C@H]1COc2ccccc2O1. The summed E-state index contributed by atoms with van der Waals surface area (Å²) in [6.07, 6.45) is 0.690. The Morgan fingerprint density at radius 2 is 1.93 bits per heavy atom. The molecule has 0 radical (unpaired) electrons. The Hall–Kier alpha value is -3.32. The van der Waals surface area contributed by atoms with Gasteiger partial charge in [-0.15, -0.1) is 0 Å². The number of fused-ring (bicyclic) bond motifs is 1. The highest BCUT2D eigenvalue weighted by molar-refractivity contribution is 6.32. The fraction of sp³-hybridized carbons (Fsp3) is 0.150. The van der Waals surface area contributed by atoms with Crippen LogP contribution in [0.15, 0.2) is 59.7 Å². The molecule has 4 rings (SSSR count). The average molecular weight is 397 g/mol. The summed E-state index contributed by atoms with van der Waals surface area (Å²) in [4.78, 5) is 12.3. The molecule has 1 N–H and O–H groups in total. The number of hydrogen-bond acceptors (Lipinski definition) is 5. The van der Waals surface area contributed by atoms with Crippen LogP contribution >= 0.6 is 11.6 Å². The maximum atomic E-state index is 12.3. The standard InChI is InChI=1S/C20H17ClN4O3/c1-13-15(19(21)25(24-13)14-7-3-2-4-8-14)11-22-23-20(26)18-12-27-16-9-5-6-10-17(16)28-18/h2-11,18H,12H2,1H3,(H,23,26)/b22-11+/t18-/m1/s1. The van der Waals surface area contributed by atoms with Gasteiger partial charge in [-0.05, 0) is 31.2 Å². The minimum atomic E-state index is -0.782. The molecule has 0 aliphatic carbocycles. The van der Waals surface area contributed by atoms with Crippen LogP contribution in [0.1, 0.15) is 11.3 Å². The number of carbonyl (C=O) groups excluding carboxylic acids is 1. The number of nitrogens with one attached hydrogen (secondary N) is 1. The lowest BCUT2D eigenvalue weighted by atomic mass is 10.2. The van der Waals surface area contributed by atoms with Gasteiger partial charge in [0, 0.05) is 0 Å². The van der Waals surface area contributed by atoms with Crippen molar-refractivity contribution in [3.63, 3.8) is 0 Å². The third-order valence-corrected chi connectivity index (χ3v) is 4.58. The maximum absolute atomic E-state index is 12.3. The highest BCUT2D eigenvalue weighted by Gasteiger charge is 2.27. The van der Waals surface area contributed by atoms with Crippen LogP contribution in [0, 0.1) is 6.92 Å². The van der Waals surface area contributed by atoms with Crippen molar-refractivity contribution in [2.24, 2.45) is 5.10 Å². The molecule has 8 heteroatoms. The summed E-state index contributed by atoms with van der Waals surface area (Å²) in [6, 6.07) is 16.7. The molecule has 1 atom stereocenters. The zero-order valence-corrected chi connectivity index (χ0v) is 15.8. The Labute approximate surface area is 166 Å². The van der Waals surface area contributed by atoms with Gasteiger partial charge < -0.3 is 9.47 Å². The predicted octanol–water partition coefficient (Wildman–Crippen LogP) is 3.12. The van der Waals surface area contributed by atoms with Crippen molar-refractivity contribution in [2.75, 3.05) is 6.61 Å². The number of halogens is 1. The van der Waals surface area contributed by atoms with E-state index in [4.69, 9.17) is 21.1 Å². The number of para-hydroxylation sites is 3. The summed E-state index contributed by atoms with van der Waals surface area (Å²) in [7, 11) is 0. The second kappa shape index (κ2) is 7.74. The third-order valence-electron chi connectivity index (χ3n) is 4.22. The van der Waals surface area contributed by atoms with Gasteiger partial charge in [0.05, 0.1) is 23.2 Å². The van der Waals surface area contributed by atoms with Gasteiger partial charge in [-0.2, -0.15) is 10.2 Å². The maximum Gasteiger partial charge on any atom is 0.284 e. The number of benzene rings is 2. The number of nitrogens with zero attached hydrogens (tertiary/aromatic N) is 3. The Balaban J connectivity index is 1.44. The van der Waals surface area contributed by atoms with Crippen LogP contribution in [0.5, 0.6) is 11.5 Å². The summed E-state index contributed by atoms with van der Waals surface area (Å²) in [5, 5.41) is 8.84. The molecule has 2 aromatic carbocycles. The van der Waals surface area contributed by atoms with E-state index in [2.05, 4.69) is 15.6 Å². The normalized spacial score (nSPS) is 15.6. The molecule has 1 aliphatic rings. The molecule has 2 heterocycles. The minimum Gasteiger partial charge on any atom is -0.485 e. The van der Waals surface area contributed by atoms with E-state index in [1.807, 2.05) is 49.4 Å². The van der Waals surface area contributed by atoms with Crippen molar-refractivity contribution >= 4 is 23.7 Å². The van der Waals surface area contributed by atoms with E-state index in [0.29, 0.717) is 27.9 Å². The molecule has 3 aromatic rings. The summed E-state index contributed by atoms with van der Waals surface area (Å²) in [5.41, 5.74) is 4.62. The Kier molecular flexibility index (Phi) is 4.99. The molecule has 0 spiro atoms. The van der Waals surface area contributed by atoms with Crippen molar-refractivity contribution in [2.45, 2.75) is 13.0 Å². The molecule has 0 unspecified atom stereocenters. The first-order valence-corrected chi connectivity index (χ1v) is 9.03. The van der Waals surface area contributed by atoms with E-state index in [-0.39, 0.29) is 6.61 Å². The summed E-state index contributed by atoms with van der Waals surface area (Å²) >= 11 is 6.44. The summed E-state index contributed by atoms with van der Waals surface area (Å²) in [6.45, 7) is 1.94. The first-order chi connectivity index (χ1) is 13.6. The Bertz CT molecular complexity index is 1030. The second-order valence-corrected chi connectivity index (χ2v) is 6.49. The summed E-state index contributed by atoms with van der Waals surface area (Å²) < 4.78 is 12.8. The first kappa shape index (κ1) is 18.1. The number of ether oxygens (including phenoxy) is 2. The van der Waals surface area contributed by atoms with Crippen LogP contribution in [0.4, 0.5) is 0 Å². The zero-order valence-electron chi connectivity index (χ0n) is 15.0. The van der Waals surface area contributed by atoms with Gasteiger partial charge in [0.25, 0.3) is 5.91 Å². The molecule has 142 valence electrons. The molecule has 0 saturated carbocycles. The van der Waals surface area contributed by atoms with E-state index >= 15 is 0 Å². The van der Waals surface area contributed by atoms with Gasteiger partial charge >= 0.3 is 0 Å². The molecule has 1 amide bonds. The number of hydrazone groups is 1. The first-order valence-electron chi connectivity index (χ1n) is 8.65. The van der Waals surface area contributed by atoms with Crippen LogP contribution in [0.25, 0.3) is 5.69 Å². The monoisotopic (exact) mass is 396 g/mol. The minimum absolute atomic E-state index is 0.115. The lowest BCUT2D eigenvalue weighted by Crippen LogP contribution is -2.42. The van der Waals surface area contributed by atoms with Gasteiger partial charge in [0.15, 0.2) is 11.5 Å². The highest BCUT2D eigenvalue weighted by Crippen LogP contribution is 2.30. The molecule has 7 nitrogen and oxygen atoms in total. The lowest BCUT2D eigenvalue weighted by Gasteiger charge is -2.24. The predicted molar refractivity (Wildman–Crippen MR) is 105 cm³/mol. The number of amides is 1. The number of hydrogen-bond donors (Lipinski definition) is 1. The van der Waals surface area contributed by atoms with Crippen LogP contribution in [-0.2, 0) is 4.79 Å². The van der Waals surface area contributed by atoms with Crippen LogP contribution < -0.4 is 14.9 Å². The Morgan fingerprint density at radius 1 is 1.21 bits per heavy atom. The topological polar surface area (TPSA) is 77.7 Å². The van der Waals surface area contributed by atoms with Gasteiger partial charge in [-0.1, -0.05) is 41.9 Å². The van der Waals surface area contributed by atoms with Crippen LogP contribution in [-0.4, -0.2) is 34.6 Å². The Morgan fingerprint density at radius 3 is 2.71 bits per heavy atom. The van der Waals surface area contributed by atoms with E-state index in [9.17, 15) is 4.79 Å². The molecular formula is C20H17ClN4O3. The van der Waals surface area contributed by atoms with Gasteiger partial charge in [-0.3, -0.25) is 4.79 Å². The van der Waals surface area contributed by atoms with E-state index in [1.165, 1.54) is 6.21 Å². The van der Waals surface area contributed by atoms with Crippen LogP contribution in [0.2, 0.25) is 5.15 Å². The van der Waals surface area contributed by atoms with E-state index in [1.54, 1.807) is 16.8 Å². The number of aryl methyl sites for hydroxylation is 1. The van der Waals surface area contributed by atoms with E-state index < -0.39 is 12.0 Å². The molecule has 28 heavy (non-hydrogen) atoms. The lowest BCUT2D eigenvalue weighted by molar-refractivity contribution is -0.130. The molecule has 0 saturated heterocycles. The smallest absolute Gasteiger partial charge is 0.284 e. The van der Waals surface area contributed by atoms with Gasteiger partial charge in [0.2, 0.25) is 6.10 Å². The quantitative estimate of drug-likeness (QED) is 0.543. The number of carbonyl (C=O) groups is 1. The van der Waals surface area contributed by atoms with Crippen molar-refractivity contribution in [1.29, 1.82) is 0 Å². The molecule has 0 fully saturated rings. The molecule has 1 aromatic heterocycles. The highest BCUT2D eigenvalue weighted by atomic mass is 35.5. The van der Waals surface area contributed by atoms with Gasteiger partial charge in [0.1, 0.15) is 11.8 Å². The van der Waals surface area contributed by atoms with Crippen molar-refractivity contribution in [1.82, 2.24) is 15.2 Å². The van der Waals surface area contributed by atoms with E-state index in [0.717, 1.165) is 5.69 Å². The number of aromatic nitrogens is 2. The fourth-order valence-electron chi connectivity index (χ4n) is 2.78. The van der Waals surface area contributed by atoms with Crippen molar-refractivity contribution in [3.05, 3.63) is 71.0 Å². The zero-order chi connectivity index (χ0) is 19.5.